The van der Waals surface area contributed by atoms with Crippen LogP contribution in [-0.4, -0.2) is 46.0 Å². The first-order chi connectivity index (χ1) is 10.3. The first kappa shape index (κ1) is 13.2. The van der Waals surface area contributed by atoms with E-state index in [2.05, 4.69) is 42.4 Å². The van der Waals surface area contributed by atoms with Crippen LogP contribution in [0.1, 0.15) is 13.3 Å². The molecular weight excluding hydrogens is 270 g/mol. The third-order valence-electron chi connectivity index (χ3n) is 2.83. The Labute approximate surface area is 121 Å². The zero-order valence-electron chi connectivity index (χ0n) is 11.8. The summed E-state index contributed by atoms with van der Waals surface area (Å²) in [4.78, 5) is 17.1. The molecule has 9 nitrogen and oxygen atoms in total. The molecule has 0 aromatic carbocycles. The van der Waals surface area contributed by atoms with Crippen molar-refractivity contribution in [3.05, 3.63) is 24.9 Å². The van der Waals surface area contributed by atoms with E-state index in [4.69, 9.17) is 0 Å². The number of anilines is 1. The number of hydrogen-bond acceptors (Lipinski definition) is 7. The van der Waals surface area contributed by atoms with Crippen LogP contribution >= 0.6 is 0 Å². The van der Waals surface area contributed by atoms with Crippen LogP contribution in [0.2, 0.25) is 0 Å². The zero-order valence-corrected chi connectivity index (χ0v) is 11.8. The minimum atomic E-state index is 0.414. The normalized spacial score (nSPS) is 10.8. The maximum atomic E-state index is 4.43. The van der Waals surface area contributed by atoms with Crippen molar-refractivity contribution >= 4 is 5.95 Å². The van der Waals surface area contributed by atoms with Gasteiger partial charge in [0.05, 0.1) is 0 Å². The molecule has 0 bridgehead atoms. The van der Waals surface area contributed by atoms with Crippen LogP contribution < -0.4 is 5.32 Å². The molecule has 0 radical (unpaired) electrons. The number of nitrogens with zero attached hydrogens (tertiary/aromatic N) is 8. The summed E-state index contributed by atoms with van der Waals surface area (Å²) in [5.74, 6) is 1.46. The average Bonchev–Trinajstić information content (AvgIpc) is 3.16. The van der Waals surface area contributed by atoms with Crippen LogP contribution in [0.25, 0.3) is 17.5 Å². The maximum absolute atomic E-state index is 4.43. The average molecular weight is 285 g/mol. The van der Waals surface area contributed by atoms with Gasteiger partial charge in [-0.05, 0) is 12.5 Å². The fourth-order valence-corrected chi connectivity index (χ4v) is 1.80. The van der Waals surface area contributed by atoms with Crippen LogP contribution in [0.15, 0.2) is 24.9 Å². The quantitative estimate of drug-likeness (QED) is 0.735. The lowest BCUT2D eigenvalue weighted by molar-refractivity contribution is 0.758. The largest absolute Gasteiger partial charge is 0.354 e. The van der Waals surface area contributed by atoms with Crippen LogP contribution in [0.4, 0.5) is 5.95 Å². The summed E-state index contributed by atoms with van der Waals surface area (Å²) in [6.45, 7) is 2.86. The van der Waals surface area contributed by atoms with Gasteiger partial charge in [0.25, 0.3) is 5.95 Å². The van der Waals surface area contributed by atoms with Gasteiger partial charge < -0.3 is 5.32 Å². The standard InChI is InChI=1S/C12H15N9/c1-3-5-14-11-17-10(9-4-6-15-20(9)2)18-12(19-11)21-8-13-7-16-21/h4,6-8H,3,5H2,1-2H3,(H,14,17,18,19). The Morgan fingerprint density at radius 1 is 1.19 bits per heavy atom. The topological polar surface area (TPSA) is 99.2 Å². The number of rotatable bonds is 5. The molecule has 0 fully saturated rings. The molecule has 108 valence electrons. The second kappa shape index (κ2) is 5.65. The molecule has 0 saturated heterocycles. The van der Waals surface area contributed by atoms with Gasteiger partial charge in [0.15, 0.2) is 5.82 Å². The van der Waals surface area contributed by atoms with E-state index in [0.29, 0.717) is 17.7 Å². The van der Waals surface area contributed by atoms with E-state index in [1.165, 1.54) is 11.0 Å². The van der Waals surface area contributed by atoms with Gasteiger partial charge in [-0.1, -0.05) is 6.92 Å². The van der Waals surface area contributed by atoms with Gasteiger partial charge in [0.1, 0.15) is 18.3 Å². The van der Waals surface area contributed by atoms with E-state index in [-0.39, 0.29) is 0 Å². The number of hydrogen-bond donors (Lipinski definition) is 1. The van der Waals surface area contributed by atoms with Crippen LogP contribution in [0.3, 0.4) is 0 Å². The highest BCUT2D eigenvalue weighted by atomic mass is 15.4. The highest BCUT2D eigenvalue weighted by Crippen LogP contribution is 2.16. The molecule has 0 aliphatic heterocycles. The van der Waals surface area contributed by atoms with Crippen molar-refractivity contribution in [3.63, 3.8) is 0 Å². The third kappa shape index (κ3) is 2.71. The molecule has 0 saturated carbocycles. The lowest BCUT2D eigenvalue weighted by Gasteiger charge is -2.08. The molecule has 0 atom stereocenters. The molecule has 0 unspecified atom stereocenters. The number of aryl methyl sites for hydroxylation is 1. The highest BCUT2D eigenvalue weighted by Gasteiger charge is 2.12. The molecule has 9 heteroatoms. The molecule has 3 aromatic heterocycles. The van der Waals surface area contributed by atoms with Crippen molar-refractivity contribution in [2.45, 2.75) is 13.3 Å². The molecule has 3 heterocycles. The molecular formula is C12H15N9. The third-order valence-corrected chi connectivity index (χ3v) is 2.83. The van der Waals surface area contributed by atoms with E-state index >= 15 is 0 Å². The van der Waals surface area contributed by atoms with Crippen molar-refractivity contribution in [3.8, 4) is 17.5 Å². The second-order valence-corrected chi connectivity index (χ2v) is 4.39. The molecule has 3 rings (SSSR count). The van der Waals surface area contributed by atoms with Gasteiger partial charge in [-0.3, -0.25) is 4.68 Å². The van der Waals surface area contributed by atoms with Gasteiger partial charge >= 0.3 is 0 Å². The van der Waals surface area contributed by atoms with Crippen molar-refractivity contribution < 1.29 is 0 Å². The predicted octanol–water partition coefficient (Wildman–Crippen LogP) is 0.675. The first-order valence-electron chi connectivity index (χ1n) is 6.61. The fraction of sp³-hybridized carbons (Fsp3) is 0.333. The highest BCUT2D eigenvalue weighted by molar-refractivity contribution is 5.51. The van der Waals surface area contributed by atoms with E-state index in [0.717, 1.165) is 18.7 Å². The molecule has 0 amide bonds. The molecule has 21 heavy (non-hydrogen) atoms. The monoisotopic (exact) mass is 285 g/mol. The summed E-state index contributed by atoms with van der Waals surface area (Å²) < 4.78 is 3.21. The summed E-state index contributed by atoms with van der Waals surface area (Å²) in [6, 6.07) is 1.85. The summed E-state index contributed by atoms with van der Waals surface area (Å²) in [6.07, 6.45) is 5.66. The van der Waals surface area contributed by atoms with Gasteiger partial charge in [0.2, 0.25) is 5.95 Å². The van der Waals surface area contributed by atoms with Crippen LogP contribution in [0, 0.1) is 0 Å². The van der Waals surface area contributed by atoms with Crippen molar-refractivity contribution in [2.75, 3.05) is 11.9 Å². The van der Waals surface area contributed by atoms with E-state index < -0.39 is 0 Å². The predicted molar refractivity (Wildman–Crippen MR) is 75.7 cm³/mol. The fourth-order valence-electron chi connectivity index (χ4n) is 1.80. The lowest BCUT2D eigenvalue weighted by atomic mass is 10.4. The van der Waals surface area contributed by atoms with Crippen LogP contribution in [0.5, 0.6) is 0 Å². The smallest absolute Gasteiger partial charge is 0.257 e. The summed E-state index contributed by atoms with van der Waals surface area (Å²) in [5, 5.41) is 11.4. The second-order valence-electron chi connectivity index (χ2n) is 4.39. The van der Waals surface area contributed by atoms with Gasteiger partial charge in [-0.25, -0.2) is 4.98 Å². The van der Waals surface area contributed by atoms with Crippen LogP contribution in [-0.2, 0) is 7.05 Å². The molecule has 0 spiro atoms. The Hall–Kier alpha value is -2.84. The lowest BCUT2D eigenvalue weighted by Crippen LogP contribution is -2.11. The molecule has 0 aliphatic carbocycles. The Kier molecular flexibility index (Phi) is 3.54. The Bertz CT molecular complexity index is 716. The zero-order chi connectivity index (χ0) is 14.7. The van der Waals surface area contributed by atoms with Gasteiger partial charge in [0, 0.05) is 19.8 Å². The van der Waals surface area contributed by atoms with Gasteiger partial charge in [-0.2, -0.15) is 29.8 Å². The minimum absolute atomic E-state index is 0.414. The summed E-state index contributed by atoms with van der Waals surface area (Å²) in [5.41, 5.74) is 0.804. The Morgan fingerprint density at radius 3 is 2.76 bits per heavy atom. The SMILES string of the molecule is CCCNc1nc(-c2ccnn2C)nc(-n2cncn2)n1. The first-order valence-corrected chi connectivity index (χ1v) is 6.61. The molecule has 1 N–H and O–H groups in total. The summed E-state index contributed by atoms with van der Waals surface area (Å²) in [7, 11) is 1.84. The van der Waals surface area contributed by atoms with E-state index in [9.17, 15) is 0 Å². The van der Waals surface area contributed by atoms with E-state index in [1.807, 2.05) is 13.1 Å². The van der Waals surface area contributed by atoms with Crippen molar-refractivity contribution in [1.29, 1.82) is 0 Å². The Morgan fingerprint density at radius 2 is 2.10 bits per heavy atom. The van der Waals surface area contributed by atoms with Gasteiger partial charge in [-0.15, -0.1) is 0 Å². The summed E-state index contributed by atoms with van der Waals surface area (Å²) >= 11 is 0. The van der Waals surface area contributed by atoms with E-state index in [1.54, 1.807) is 17.2 Å². The molecule has 0 aliphatic rings. The molecule has 3 aromatic rings. The van der Waals surface area contributed by atoms with Crippen molar-refractivity contribution in [2.24, 2.45) is 7.05 Å². The number of nitrogens with one attached hydrogen (secondary N) is 1. The maximum Gasteiger partial charge on any atom is 0.257 e. The van der Waals surface area contributed by atoms with Crippen molar-refractivity contribution in [1.82, 2.24) is 39.5 Å². The Balaban J connectivity index is 2.07. The number of aromatic nitrogens is 8. The minimum Gasteiger partial charge on any atom is -0.354 e.